The van der Waals surface area contributed by atoms with Gasteiger partial charge in [0.05, 0.1) is 17.6 Å². The number of anilines is 1. The Balaban J connectivity index is 1.76. The second-order valence-corrected chi connectivity index (χ2v) is 6.41. The molecule has 1 heterocycles. The van der Waals surface area contributed by atoms with E-state index < -0.39 is 0 Å². The van der Waals surface area contributed by atoms with Crippen LogP contribution in [0.3, 0.4) is 0 Å². The number of thiocarbonyl (C=S) groups is 1. The third kappa shape index (κ3) is 3.89. The van der Waals surface area contributed by atoms with Crippen LogP contribution in [-0.4, -0.2) is 30.9 Å². The zero-order chi connectivity index (χ0) is 20.3. The summed E-state index contributed by atoms with van der Waals surface area (Å²) in [5.74, 6) is -0.164. The van der Waals surface area contributed by atoms with Gasteiger partial charge >= 0.3 is 0 Å². The van der Waals surface area contributed by atoms with Crippen LogP contribution in [0.2, 0.25) is 0 Å². The van der Waals surface area contributed by atoms with Crippen molar-refractivity contribution in [3.63, 3.8) is 0 Å². The summed E-state index contributed by atoms with van der Waals surface area (Å²) in [7, 11) is 1.79. The number of aromatic hydroxyl groups is 2. The van der Waals surface area contributed by atoms with E-state index in [-0.39, 0.29) is 22.2 Å². The van der Waals surface area contributed by atoms with Gasteiger partial charge in [-0.05, 0) is 43.4 Å². The van der Waals surface area contributed by atoms with Gasteiger partial charge in [0.1, 0.15) is 17.2 Å². The molecule has 0 aliphatic heterocycles. The van der Waals surface area contributed by atoms with Gasteiger partial charge in [-0.1, -0.05) is 18.2 Å². The molecule has 0 unspecified atom stereocenters. The fraction of sp³-hybridized carbons (Fsp3) is 0.105. The van der Waals surface area contributed by atoms with Crippen LogP contribution in [0.25, 0.3) is 5.69 Å². The van der Waals surface area contributed by atoms with Crippen LogP contribution < -0.4 is 16.3 Å². The molecule has 0 amide bonds. The van der Waals surface area contributed by atoms with E-state index in [1.165, 1.54) is 29.1 Å². The van der Waals surface area contributed by atoms with Crippen LogP contribution in [0.15, 0.2) is 58.4 Å². The first kappa shape index (κ1) is 19.2. The molecule has 0 saturated heterocycles. The third-order valence-corrected chi connectivity index (χ3v) is 4.37. The molecule has 0 radical (unpaired) electrons. The highest BCUT2D eigenvalue weighted by Gasteiger charge is 2.16. The van der Waals surface area contributed by atoms with Gasteiger partial charge in [-0.3, -0.25) is 14.9 Å². The number of phenolic OH excluding ortho intramolecular Hbond substituents is 2. The number of nitrogens with one attached hydrogen (secondary N) is 2. The van der Waals surface area contributed by atoms with E-state index in [0.717, 1.165) is 5.69 Å². The van der Waals surface area contributed by atoms with E-state index in [2.05, 4.69) is 15.8 Å². The van der Waals surface area contributed by atoms with Crippen molar-refractivity contribution < 1.29 is 10.2 Å². The topological polar surface area (TPSA) is 104 Å². The Labute approximate surface area is 166 Å². The molecule has 0 saturated carbocycles. The van der Waals surface area contributed by atoms with Crippen LogP contribution in [0.4, 0.5) is 5.69 Å². The second kappa shape index (κ2) is 7.97. The molecule has 4 N–H and O–H groups in total. The maximum absolute atomic E-state index is 12.8. The number of para-hydroxylation sites is 1. The lowest BCUT2D eigenvalue weighted by molar-refractivity contribution is 0.450. The minimum atomic E-state index is -0.240. The van der Waals surface area contributed by atoms with Gasteiger partial charge in [-0.15, -0.1) is 0 Å². The molecular formula is C19H19N5O3S. The fourth-order valence-electron chi connectivity index (χ4n) is 2.66. The van der Waals surface area contributed by atoms with Crippen molar-refractivity contribution in [2.75, 3.05) is 5.32 Å². The number of benzene rings is 2. The van der Waals surface area contributed by atoms with Crippen molar-refractivity contribution in [3.8, 4) is 17.2 Å². The zero-order valence-electron chi connectivity index (χ0n) is 15.2. The lowest BCUT2D eigenvalue weighted by Crippen LogP contribution is -2.28. The largest absolute Gasteiger partial charge is 0.508 e. The van der Waals surface area contributed by atoms with Crippen molar-refractivity contribution in [2.45, 2.75) is 6.92 Å². The molecule has 0 atom stereocenters. The molecule has 2 aromatic carbocycles. The lowest BCUT2D eigenvalue weighted by atomic mass is 10.2. The van der Waals surface area contributed by atoms with Crippen LogP contribution in [0.1, 0.15) is 11.3 Å². The first-order chi connectivity index (χ1) is 13.4. The quantitative estimate of drug-likeness (QED) is 0.306. The van der Waals surface area contributed by atoms with Gasteiger partial charge < -0.3 is 15.5 Å². The normalized spacial score (nSPS) is 10.9. The Morgan fingerprint density at radius 2 is 1.89 bits per heavy atom. The van der Waals surface area contributed by atoms with Crippen LogP contribution in [0.5, 0.6) is 11.5 Å². The lowest BCUT2D eigenvalue weighted by Gasteiger charge is -2.07. The Hall–Kier alpha value is -3.59. The summed E-state index contributed by atoms with van der Waals surface area (Å²) in [6.45, 7) is 1.81. The minimum absolute atomic E-state index is 0.0472. The average Bonchev–Trinajstić information content (AvgIpc) is 2.87. The number of hydrogen-bond acceptors (Lipinski definition) is 5. The summed E-state index contributed by atoms with van der Waals surface area (Å²) < 4.78 is 3.28. The smallest absolute Gasteiger partial charge is 0.295 e. The summed E-state index contributed by atoms with van der Waals surface area (Å²) in [5, 5.41) is 26.0. The predicted molar refractivity (Wildman–Crippen MR) is 112 cm³/mol. The molecule has 1 aromatic heterocycles. The van der Waals surface area contributed by atoms with Gasteiger partial charge in [0.2, 0.25) is 0 Å². The monoisotopic (exact) mass is 397 g/mol. The summed E-state index contributed by atoms with van der Waals surface area (Å²) in [6, 6.07) is 13.4. The number of phenols is 2. The second-order valence-electron chi connectivity index (χ2n) is 6.00. The first-order valence-corrected chi connectivity index (χ1v) is 8.75. The summed E-state index contributed by atoms with van der Waals surface area (Å²) >= 11 is 5.20. The van der Waals surface area contributed by atoms with Crippen molar-refractivity contribution >= 4 is 29.2 Å². The standard InChI is InChI=1S/C19H19N5O3S/c1-12-17(18(27)24(23(12)2)14-6-4-3-5-7-14)21-19(28)22-20-11-13-8-9-15(25)10-16(13)26/h3-11,25-26H,1-2H3,(H2,21,22,28)/b20-11+. The van der Waals surface area contributed by atoms with Crippen molar-refractivity contribution in [1.29, 1.82) is 0 Å². The van der Waals surface area contributed by atoms with Gasteiger partial charge in [-0.2, -0.15) is 5.10 Å². The fourth-order valence-corrected chi connectivity index (χ4v) is 2.81. The minimum Gasteiger partial charge on any atom is -0.508 e. The van der Waals surface area contributed by atoms with E-state index in [4.69, 9.17) is 12.2 Å². The number of nitrogens with zero attached hydrogens (tertiary/aromatic N) is 3. The number of aromatic nitrogens is 2. The number of hydrogen-bond donors (Lipinski definition) is 4. The van der Waals surface area contributed by atoms with E-state index in [0.29, 0.717) is 16.9 Å². The van der Waals surface area contributed by atoms with E-state index in [1.54, 1.807) is 11.7 Å². The number of hydrazone groups is 1. The van der Waals surface area contributed by atoms with Crippen LogP contribution in [-0.2, 0) is 7.05 Å². The maximum atomic E-state index is 12.8. The Kier molecular flexibility index (Phi) is 5.46. The zero-order valence-corrected chi connectivity index (χ0v) is 16.1. The highest BCUT2D eigenvalue weighted by Crippen LogP contribution is 2.20. The van der Waals surface area contributed by atoms with Crippen molar-refractivity contribution in [1.82, 2.24) is 14.8 Å². The SMILES string of the molecule is Cc1c(NC(=S)N/N=C/c2ccc(O)cc2O)c(=O)n(-c2ccccc2)n1C. The van der Waals surface area contributed by atoms with E-state index in [1.807, 2.05) is 37.3 Å². The molecule has 0 aliphatic carbocycles. The Morgan fingerprint density at radius 1 is 1.18 bits per heavy atom. The Bertz CT molecular complexity index is 1100. The average molecular weight is 397 g/mol. The van der Waals surface area contributed by atoms with E-state index in [9.17, 15) is 15.0 Å². The highest BCUT2D eigenvalue weighted by atomic mass is 32.1. The summed E-state index contributed by atoms with van der Waals surface area (Å²) in [4.78, 5) is 12.8. The van der Waals surface area contributed by atoms with Gasteiger partial charge in [0.15, 0.2) is 5.11 Å². The summed E-state index contributed by atoms with van der Waals surface area (Å²) in [6.07, 6.45) is 1.35. The third-order valence-electron chi connectivity index (χ3n) is 4.18. The molecule has 0 fully saturated rings. The van der Waals surface area contributed by atoms with Crippen molar-refractivity contribution in [2.24, 2.45) is 12.1 Å². The van der Waals surface area contributed by atoms with Crippen LogP contribution >= 0.6 is 12.2 Å². The molecule has 144 valence electrons. The maximum Gasteiger partial charge on any atom is 0.295 e. The van der Waals surface area contributed by atoms with Gasteiger partial charge in [-0.25, -0.2) is 4.68 Å². The molecule has 8 nitrogen and oxygen atoms in total. The molecule has 3 rings (SSSR count). The molecule has 28 heavy (non-hydrogen) atoms. The molecule has 0 bridgehead atoms. The predicted octanol–water partition coefficient (Wildman–Crippen LogP) is 2.22. The van der Waals surface area contributed by atoms with Gasteiger partial charge in [0, 0.05) is 18.7 Å². The van der Waals surface area contributed by atoms with E-state index >= 15 is 0 Å². The van der Waals surface area contributed by atoms with Crippen LogP contribution in [0, 0.1) is 6.92 Å². The highest BCUT2D eigenvalue weighted by molar-refractivity contribution is 7.80. The summed E-state index contributed by atoms with van der Waals surface area (Å²) in [5.41, 5.74) is 4.55. The molecule has 3 aromatic rings. The molecule has 9 heteroatoms. The molecular weight excluding hydrogens is 378 g/mol. The van der Waals surface area contributed by atoms with Gasteiger partial charge in [0.25, 0.3) is 5.56 Å². The van der Waals surface area contributed by atoms with Crippen molar-refractivity contribution in [3.05, 3.63) is 70.1 Å². The first-order valence-electron chi connectivity index (χ1n) is 8.34. The molecule has 0 aliphatic rings. The molecule has 0 spiro atoms. The Morgan fingerprint density at radius 3 is 2.57 bits per heavy atom. The number of rotatable bonds is 4.